The standard InChI is InChI=1S/C13H19N2O2S.C10H15.ClH.Ir/c1-10-6-8-11(9-7-10)18(16,17)15-13-5-3-2-4-12(13)14;1-6-7(2)9(4)10(5)8(6)3;;/h6-9,12-13H,2-5,14H2,1H3;1-5H3;1H;/q-1;;;+3/p-1/t12-,13-;;;/m1.../s1. The Morgan fingerprint density at radius 1 is 0.833 bits per heavy atom. The Morgan fingerprint density at radius 3 is 1.63 bits per heavy atom. The Balaban J connectivity index is 0.000000318. The summed E-state index contributed by atoms with van der Waals surface area (Å²) in [6.07, 6.45) is 3.70. The quantitative estimate of drug-likeness (QED) is 0.447. The predicted octanol–water partition coefficient (Wildman–Crippen LogP) is 5.99. The molecule has 0 heterocycles. The molecule has 2 N–H and O–H groups in total. The van der Waals surface area contributed by atoms with Crippen molar-refractivity contribution in [2.45, 2.75) is 84.2 Å². The van der Waals surface area contributed by atoms with Gasteiger partial charge in [-0.15, -0.1) is 6.04 Å². The SMILES string of the molecule is C[C]1[C](C)[C](C)[C](C)[C]1C.Cc1ccc(S(=O)(=O)[N-][C@@H]2CCCC[C@H]2N)cc1.[Cl][Ir+2]. The van der Waals surface area contributed by atoms with Crippen molar-refractivity contribution in [3.05, 3.63) is 64.1 Å². The van der Waals surface area contributed by atoms with Crippen molar-refractivity contribution < 1.29 is 26.3 Å². The van der Waals surface area contributed by atoms with E-state index in [0.717, 1.165) is 31.2 Å². The molecule has 2 saturated carbocycles. The molecule has 0 saturated heterocycles. The molecular formula is C23H34ClIrN2O2S+. The van der Waals surface area contributed by atoms with Crippen LogP contribution in [0.25, 0.3) is 4.72 Å². The molecule has 5 radical (unpaired) electrons. The topological polar surface area (TPSA) is 74.3 Å². The summed E-state index contributed by atoms with van der Waals surface area (Å²) in [7, 11) is 1.07. The second-order valence-corrected chi connectivity index (χ2v) is 9.67. The number of nitrogens with zero attached hydrogens (tertiary/aromatic N) is 1. The van der Waals surface area contributed by atoms with Crippen molar-refractivity contribution >= 4 is 19.6 Å². The van der Waals surface area contributed by atoms with Crippen LogP contribution in [-0.4, -0.2) is 20.5 Å². The van der Waals surface area contributed by atoms with Crippen LogP contribution in [0.3, 0.4) is 0 Å². The Hall–Kier alpha value is 0.0294. The summed E-state index contributed by atoms with van der Waals surface area (Å²) >= 11 is 1.47. The second-order valence-electron chi connectivity index (χ2n) is 8.03. The van der Waals surface area contributed by atoms with Crippen LogP contribution in [0.2, 0.25) is 0 Å². The maximum absolute atomic E-state index is 12.1. The summed E-state index contributed by atoms with van der Waals surface area (Å²) in [6.45, 7) is 12.9. The number of nitrogens with two attached hydrogens (primary N) is 1. The number of halogens is 1. The van der Waals surface area contributed by atoms with E-state index >= 15 is 0 Å². The fourth-order valence-electron chi connectivity index (χ4n) is 3.63. The Morgan fingerprint density at radius 2 is 1.23 bits per heavy atom. The van der Waals surface area contributed by atoms with Gasteiger partial charge in [-0.25, -0.2) is 8.42 Å². The molecule has 1 aromatic rings. The summed E-state index contributed by atoms with van der Waals surface area (Å²) < 4.78 is 28.3. The van der Waals surface area contributed by atoms with Crippen LogP contribution < -0.4 is 5.73 Å². The molecule has 0 aliphatic heterocycles. The van der Waals surface area contributed by atoms with E-state index < -0.39 is 10.0 Å². The van der Waals surface area contributed by atoms with E-state index in [0.29, 0.717) is 0 Å². The number of sulfonamides is 1. The van der Waals surface area contributed by atoms with Crippen molar-refractivity contribution in [2.24, 2.45) is 5.73 Å². The second kappa shape index (κ2) is 12.9. The summed E-state index contributed by atoms with van der Waals surface area (Å²) in [4.78, 5) is 0.255. The van der Waals surface area contributed by atoms with Crippen LogP contribution in [0.4, 0.5) is 0 Å². The van der Waals surface area contributed by atoms with Gasteiger partial charge in [0.15, 0.2) is 0 Å². The Labute approximate surface area is 199 Å². The summed E-state index contributed by atoms with van der Waals surface area (Å²) in [5, 5.41) is 0. The summed E-state index contributed by atoms with van der Waals surface area (Å²) in [5.74, 6) is 7.34. The molecule has 4 nitrogen and oxygen atoms in total. The first-order chi connectivity index (χ1) is 14.0. The molecule has 3 rings (SSSR count). The number of benzene rings is 1. The van der Waals surface area contributed by atoms with E-state index in [1.807, 2.05) is 6.92 Å². The molecule has 2 fully saturated rings. The third kappa shape index (κ3) is 7.56. The first kappa shape index (κ1) is 28.1. The van der Waals surface area contributed by atoms with Crippen LogP contribution in [0.15, 0.2) is 29.2 Å². The first-order valence-electron chi connectivity index (χ1n) is 10.2. The summed E-state index contributed by atoms with van der Waals surface area (Å²) in [6, 6.07) is 6.38. The fraction of sp³-hybridized carbons (Fsp3) is 0.522. The van der Waals surface area contributed by atoms with Crippen LogP contribution in [-0.2, 0) is 27.9 Å². The summed E-state index contributed by atoms with van der Waals surface area (Å²) in [5.41, 5.74) is 6.96. The molecule has 2 aliphatic carbocycles. The number of rotatable bonds is 3. The Kier molecular flexibility index (Phi) is 12.1. The molecule has 0 unspecified atom stereocenters. The molecular weight excluding hydrogens is 596 g/mol. The van der Waals surface area contributed by atoms with Gasteiger partial charge in [0.25, 0.3) is 0 Å². The molecule has 0 amide bonds. The van der Waals surface area contributed by atoms with Gasteiger partial charge in [-0.05, 0) is 61.1 Å². The zero-order chi connectivity index (χ0) is 23.1. The molecule has 30 heavy (non-hydrogen) atoms. The van der Waals surface area contributed by atoms with Crippen molar-refractivity contribution in [1.82, 2.24) is 0 Å². The zero-order valence-electron chi connectivity index (χ0n) is 18.8. The van der Waals surface area contributed by atoms with Gasteiger partial charge in [-0.1, -0.05) is 71.6 Å². The molecule has 0 spiro atoms. The monoisotopic (exact) mass is 630 g/mol. The molecule has 2 atom stereocenters. The van der Waals surface area contributed by atoms with Gasteiger partial charge in [0.2, 0.25) is 0 Å². The molecule has 0 bridgehead atoms. The van der Waals surface area contributed by atoms with Gasteiger partial charge in [0, 0.05) is 4.90 Å². The first-order valence-corrected chi connectivity index (χ1v) is 14.6. The van der Waals surface area contributed by atoms with Crippen LogP contribution in [0.5, 0.6) is 0 Å². The average molecular weight is 630 g/mol. The van der Waals surface area contributed by atoms with E-state index in [4.69, 9.17) is 5.73 Å². The molecule has 1 aromatic carbocycles. The average Bonchev–Trinajstić information content (AvgIpc) is 2.89. The molecule has 7 heteroatoms. The van der Waals surface area contributed by atoms with Gasteiger partial charge < -0.3 is 10.5 Å². The third-order valence-electron chi connectivity index (χ3n) is 6.19. The minimum absolute atomic E-state index is 0.126. The normalized spacial score (nSPS) is 24.7. The van der Waals surface area contributed by atoms with Crippen molar-refractivity contribution in [2.75, 3.05) is 0 Å². The predicted molar refractivity (Wildman–Crippen MR) is 122 cm³/mol. The van der Waals surface area contributed by atoms with Crippen LogP contribution >= 0.6 is 9.58 Å². The van der Waals surface area contributed by atoms with Crippen LogP contribution in [0, 0.1) is 36.5 Å². The zero-order valence-corrected chi connectivity index (χ0v) is 22.7. The van der Waals surface area contributed by atoms with E-state index in [-0.39, 0.29) is 17.0 Å². The van der Waals surface area contributed by atoms with Crippen LogP contribution in [0.1, 0.15) is 65.9 Å². The van der Waals surface area contributed by atoms with E-state index in [1.165, 1.54) is 47.5 Å². The molecule has 169 valence electrons. The fourth-order valence-corrected chi connectivity index (χ4v) is 4.85. The van der Waals surface area contributed by atoms with Gasteiger partial charge in [-0.2, -0.15) is 0 Å². The van der Waals surface area contributed by atoms with Gasteiger partial charge >= 0.3 is 27.5 Å². The van der Waals surface area contributed by atoms with E-state index in [9.17, 15) is 8.42 Å². The maximum atomic E-state index is 12.1. The van der Waals surface area contributed by atoms with Gasteiger partial charge in [0.05, 0.1) is 0 Å². The minimum atomic E-state index is -3.56. The number of hydrogen-bond acceptors (Lipinski definition) is 3. The molecule has 2 aliphatic rings. The molecule has 0 aromatic heterocycles. The van der Waals surface area contributed by atoms with E-state index in [2.05, 4.69) is 48.9 Å². The van der Waals surface area contributed by atoms with Gasteiger partial charge in [0.1, 0.15) is 10.0 Å². The van der Waals surface area contributed by atoms with Crippen molar-refractivity contribution in [3.63, 3.8) is 0 Å². The van der Waals surface area contributed by atoms with E-state index in [1.54, 1.807) is 24.3 Å². The van der Waals surface area contributed by atoms with Gasteiger partial charge in [-0.3, -0.25) is 0 Å². The third-order valence-corrected chi connectivity index (χ3v) is 7.60. The number of aryl methyl sites for hydroxylation is 1. The Bertz CT molecular complexity index is 684. The van der Waals surface area contributed by atoms with Crippen molar-refractivity contribution in [1.29, 1.82) is 0 Å². The number of hydrogen-bond donors (Lipinski definition) is 1. The van der Waals surface area contributed by atoms with Crippen molar-refractivity contribution in [3.8, 4) is 0 Å².